The highest BCUT2D eigenvalue weighted by molar-refractivity contribution is 5.78. The molecule has 138 valence electrons. The van der Waals surface area contributed by atoms with E-state index in [4.69, 9.17) is 4.74 Å². The minimum Gasteiger partial charge on any atom is -0.488 e. The Hall–Kier alpha value is -1.59. The van der Waals surface area contributed by atoms with Crippen molar-refractivity contribution >= 4 is 5.91 Å². The number of rotatable bonds is 4. The minimum absolute atomic E-state index is 0.112. The van der Waals surface area contributed by atoms with Crippen LogP contribution in [0.3, 0.4) is 0 Å². The lowest BCUT2D eigenvalue weighted by Gasteiger charge is -2.43. The van der Waals surface area contributed by atoms with Gasteiger partial charge < -0.3 is 15.2 Å². The number of aryl methyl sites for hydroxylation is 1. The molecule has 1 saturated carbocycles. The molecular formula is C20H30N2O3. The predicted octanol–water partition coefficient (Wildman–Crippen LogP) is 2.11. The smallest absolute Gasteiger partial charge is 0.222 e. The lowest BCUT2D eigenvalue weighted by molar-refractivity contribution is -0.126. The topological polar surface area (TPSA) is 61.8 Å². The Kier molecular flexibility index (Phi) is 5.97. The van der Waals surface area contributed by atoms with Gasteiger partial charge in [0.05, 0.1) is 0 Å². The number of hydrogen-bond donors (Lipinski definition) is 2. The van der Waals surface area contributed by atoms with Gasteiger partial charge in [0.25, 0.3) is 0 Å². The van der Waals surface area contributed by atoms with Crippen LogP contribution < -0.4 is 10.1 Å². The van der Waals surface area contributed by atoms with Crippen molar-refractivity contribution in [3.63, 3.8) is 0 Å². The molecule has 0 spiro atoms. The van der Waals surface area contributed by atoms with E-state index in [0.29, 0.717) is 0 Å². The second kappa shape index (κ2) is 8.19. The molecule has 5 nitrogen and oxygen atoms in total. The van der Waals surface area contributed by atoms with Gasteiger partial charge >= 0.3 is 0 Å². The third-order valence-corrected chi connectivity index (χ3v) is 5.66. The zero-order valence-corrected chi connectivity index (χ0v) is 15.3. The fraction of sp³-hybridized carbons (Fsp3) is 0.650. The summed E-state index contributed by atoms with van der Waals surface area (Å²) in [6.07, 6.45) is 4.05. The first-order chi connectivity index (χ1) is 12.1. The van der Waals surface area contributed by atoms with Crippen molar-refractivity contribution in [2.45, 2.75) is 57.3 Å². The largest absolute Gasteiger partial charge is 0.488 e. The van der Waals surface area contributed by atoms with Crippen LogP contribution >= 0.6 is 0 Å². The summed E-state index contributed by atoms with van der Waals surface area (Å²) in [4.78, 5) is 14.2. The van der Waals surface area contributed by atoms with E-state index in [-0.39, 0.29) is 24.0 Å². The van der Waals surface area contributed by atoms with Crippen molar-refractivity contribution in [3.05, 3.63) is 29.8 Å². The third kappa shape index (κ3) is 4.33. The van der Waals surface area contributed by atoms with Gasteiger partial charge in [-0.2, -0.15) is 0 Å². The van der Waals surface area contributed by atoms with Crippen molar-refractivity contribution in [1.82, 2.24) is 10.2 Å². The number of carbonyl (C=O) groups excluding carboxylic acids is 1. The molecule has 1 heterocycles. The first-order valence-corrected chi connectivity index (χ1v) is 9.45. The molecule has 1 aliphatic heterocycles. The molecule has 5 heteroatoms. The zero-order valence-electron chi connectivity index (χ0n) is 15.3. The number of aliphatic hydroxyl groups is 1. The molecule has 0 aromatic heterocycles. The highest BCUT2D eigenvalue weighted by atomic mass is 16.5. The fourth-order valence-electron chi connectivity index (χ4n) is 4.21. The highest BCUT2D eigenvalue weighted by Gasteiger charge is 2.38. The fourth-order valence-corrected chi connectivity index (χ4v) is 4.21. The maximum atomic E-state index is 11.8. The second-order valence-electron chi connectivity index (χ2n) is 7.39. The Morgan fingerprint density at radius 3 is 2.68 bits per heavy atom. The van der Waals surface area contributed by atoms with Gasteiger partial charge in [-0.15, -0.1) is 0 Å². The maximum Gasteiger partial charge on any atom is 0.222 e. The van der Waals surface area contributed by atoms with Crippen LogP contribution in [0.4, 0.5) is 0 Å². The van der Waals surface area contributed by atoms with E-state index >= 15 is 0 Å². The van der Waals surface area contributed by atoms with Crippen LogP contribution in [-0.4, -0.2) is 54.3 Å². The van der Waals surface area contributed by atoms with Crippen LogP contribution in [0.5, 0.6) is 5.75 Å². The Morgan fingerprint density at radius 2 is 2.00 bits per heavy atom. The molecule has 1 aliphatic carbocycles. The SMILES string of the molecule is CNC(=O)C1CCN([C@H]2CCC[C@@H](Oc3cccc(C)c3)[C@@H]2O)CC1. The molecule has 2 N–H and O–H groups in total. The normalized spacial score (nSPS) is 28.5. The summed E-state index contributed by atoms with van der Waals surface area (Å²) in [6.45, 7) is 3.79. The summed E-state index contributed by atoms with van der Waals surface area (Å²) < 4.78 is 6.11. The van der Waals surface area contributed by atoms with E-state index in [1.807, 2.05) is 31.2 Å². The quantitative estimate of drug-likeness (QED) is 0.877. The molecule has 0 radical (unpaired) electrons. The molecule has 0 unspecified atom stereocenters. The highest BCUT2D eigenvalue weighted by Crippen LogP contribution is 2.30. The molecule has 1 aromatic rings. The molecule has 3 rings (SSSR count). The monoisotopic (exact) mass is 346 g/mol. The summed E-state index contributed by atoms with van der Waals surface area (Å²) in [5, 5.41) is 13.6. The second-order valence-corrected chi connectivity index (χ2v) is 7.39. The van der Waals surface area contributed by atoms with E-state index < -0.39 is 6.10 Å². The van der Waals surface area contributed by atoms with E-state index in [0.717, 1.165) is 56.5 Å². The molecule has 25 heavy (non-hydrogen) atoms. The van der Waals surface area contributed by atoms with Crippen LogP contribution in [-0.2, 0) is 4.79 Å². The van der Waals surface area contributed by atoms with Crippen molar-refractivity contribution < 1.29 is 14.6 Å². The summed E-state index contributed by atoms with van der Waals surface area (Å²) in [5.74, 6) is 1.09. The molecular weight excluding hydrogens is 316 g/mol. The summed E-state index contributed by atoms with van der Waals surface area (Å²) in [7, 11) is 1.70. The van der Waals surface area contributed by atoms with Gasteiger partial charge in [-0.05, 0) is 69.8 Å². The Morgan fingerprint density at radius 1 is 1.24 bits per heavy atom. The molecule has 1 amide bonds. The zero-order chi connectivity index (χ0) is 17.8. The average molecular weight is 346 g/mol. The Balaban J connectivity index is 1.59. The minimum atomic E-state index is -0.481. The molecule has 1 aromatic carbocycles. The Labute approximate surface area is 150 Å². The molecule has 2 fully saturated rings. The average Bonchev–Trinajstić information content (AvgIpc) is 2.63. The standard InChI is InChI=1S/C20H30N2O3/c1-14-5-3-6-16(13-14)25-18-8-4-7-17(19(18)23)22-11-9-15(10-12-22)20(24)21-2/h3,5-6,13,15,17-19,23H,4,7-12H2,1-2H3,(H,21,24)/t17-,18+,19+/m0/s1. The lowest BCUT2D eigenvalue weighted by Crippen LogP contribution is -2.55. The molecule has 2 aliphatic rings. The number of ether oxygens (including phenoxy) is 1. The van der Waals surface area contributed by atoms with E-state index in [1.54, 1.807) is 7.05 Å². The van der Waals surface area contributed by atoms with Gasteiger partial charge in [0.1, 0.15) is 18.0 Å². The van der Waals surface area contributed by atoms with Crippen LogP contribution in [0.15, 0.2) is 24.3 Å². The third-order valence-electron chi connectivity index (χ3n) is 5.66. The van der Waals surface area contributed by atoms with Gasteiger partial charge in [0, 0.05) is 19.0 Å². The summed E-state index contributed by atoms with van der Waals surface area (Å²) in [6, 6.07) is 8.14. The van der Waals surface area contributed by atoms with Crippen LogP contribution in [0.25, 0.3) is 0 Å². The summed E-state index contributed by atoms with van der Waals surface area (Å²) >= 11 is 0. The summed E-state index contributed by atoms with van der Waals surface area (Å²) in [5.41, 5.74) is 1.16. The number of likely N-dealkylation sites (tertiary alicyclic amines) is 1. The number of nitrogens with zero attached hydrogens (tertiary/aromatic N) is 1. The van der Waals surface area contributed by atoms with Gasteiger partial charge in [-0.25, -0.2) is 0 Å². The first-order valence-electron chi connectivity index (χ1n) is 9.45. The molecule has 0 bridgehead atoms. The number of piperidine rings is 1. The maximum absolute atomic E-state index is 11.8. The first kappa shape index (κ1) is 18.2. The van der Waals surface area contributed by atoms with Crippen molar-refractivity contribution in [2.75, 3.05) is 20.1 Å². The number of hydrogen-bond acceptors (Lipinski definition) is 4. The van der Waals surface area contributed by atoms with E-state index in [2.05, 4.69) is 10.2 Å². The van der Waals surface area contributed by atoms with Crippen molar-refractivity contribution in [1.29, 1.82) is 0 Å². The van der Waals surface area contributed by atoms with Gasteiger partial charge in [0.2, 0.25) is 5.91 Å². The Bertz CT molecular complexity index is 584. The molecule has 1 saturated heterocycles. The van der Waals surface area contributed by atoms with Crippen LogP contribution in [0, 0.1) is 12.8 Å². The number of aliphatic hydroxyl groups excluding tert-OH is 1. The number of nitrogens with one attached hydrogen (secondary N) is 1. The number of benzene rings is 1. The number of amides is 1. The van der Waals surface area contributed by atoms with E-state index in [9.17, 15) is 9.90 Å². The van der Waals surface area contributed by atoms with Crippen molar-refractivity contribution in [2.24, 2.45) is 5.92 Å². The molecule has 3 atom stereocenters. The van der Waals surface area contributed by atoms with Crippen molar-refractivity contribution in [3.8, 4) is 5.75 Å². The van der Waals surface area contributed by atoms with Gasteiger partial charge in [-0.3, -0.25) is 9.69 Å². The number of carbonyl (C=O) groups is 1. The van der Waals surface area contributed by atoms with Crippen LogP contribution in [0.1, 0.15) is 37.7 Å². The lowest BCUT2D eigenvalue weighted by atomic mass is 9.86. The van der Waals surface area contributed by atoms with Gasteiger partial charge in [0.15, 0.2) is 0 Å². The predicted molar refractivity (Wildman–Crippen MR) is 97.6 cm³/mol. The van der Waals surface area contributed by atoms with E-state index in [1.165, 1.54) is 0 Å². The van der Waals surface area contributed by atoms with Gasteiger partial charge in [-0.1, -0.05) is 12.1 Å². The van der Waals surface area contributed by atoms with Crippen LogP contribution in [0.2, 0.25) is 0 Å².